The second kappa shape index (κ2) is 4.74. The molecule has 1 aliphatic rings. The molecule has 1 aliphatic carbocycles. The highest BCUT2D eigenvalue weighted by Crippen LogP contribution is 2.35. The predicted octanol–water partition coefficient (Wildman–Crippen LogP) is 3.99. The van der Waals surface area contributed by atoms with Crippen LogP contribution in [0, 0.1) is 0 Å². The van der Waals surface area contributed by atoms with Gasteiger partial charge in [-0.2, -0.15) is 0 Å². The van der Waals surface area contributed by atoms with Crippen LogP contribution in [0.3, 0.4) is 0 Å². The maximum absolute atomic E-state index is 12.1. The van der Waals surface area contributed by atoms with Crippen LogP contribution in [0.4, 0.5) is 13.2 Å². The molecular weight excluding hydrogens is 311 g/mol. The number of benzene rings is 1. The third kappa shape index (κ3) is 3.88. The van der Waals surface area contributed by atoms with Crippen molar-refractivity contribution >= 4 is 15.9 Å². The second-order valence-electron chi connectivity index (χ2n) is 4.73. The zero-order valence-corrected chi connectivity index (χ0v) is 11.4. The number of rotatable bonds is 4. The minimum Gasteiger partial charge on any atom is -0.405 e. The lowest BCUT2D eigenvalue weighted by Gasteiger charge is -2.14. The molecule has 0 aromatic heterocycles. The van der Waals surface area contributed by atoms with E-state index in [1.54, 1.807) is 12.1 Å². The van der Waals surface area contributed by atoms with Gasteiger partial charge < -0.3 is 10.1 Å². The van der Waals surface area contributed by atoms with Crippen LogP contribution in [-0.2, 0) is 6.54 Å². The van der Waals surface area contributed by atoms with Crippen molar-refractivity contribution < 1.29 is 17.9 Å². The van der Waals surface area contributed by atoms with Gasteiger partial charge >= 0.3 is 6.36 Å². The van der Waals surface area contributed by atoms with Crippen molar-refractivity contribution in [2.75, 3.05) is 0 Å². The SMILES string of the molecule is CC1(NCc2ccc(OC(F)(F)F)c(Br)c2)CC1. The maximum Gasteiger partial charge on any atom is 0.573 e. The minimum atomic E-state index is -4.66. The van der Waals surface area contributed by atoms with Gasteiger partial charge in [-0.25, -0.2) is 0 Å². The molecule has 0 radical (unpaired) electrons. The quantitative estimate of drug-likeness (QED) is 0.904. The molecule has 1 fully saturated rings. The molecular formula is C12H13BrF3NO. The molecule has 1 N–H and O–H groups in total. The fraction of sp³-hybridized carbons (Fsp3) is 0.500. The molecule has 18 heavy (non-hydrogen) atoms. The Morgan fingerprint density at radius 1 is 1.39 bits per heavy atom. The van der Waals surface area contributed by atoms with Crippen LogP contribution in [0.25, 0.3) is 0 Å². The van der Waals surface area contributed by atoms with E-state index in [4.69, 9.17) is 0 Å². The van der Waals surface area contributed by atoms with Gasteiger partial charge in [-0.05, 0) is 53.4 Å². The average molecular weight is 324 g/mol. The lowest BCUT2D eigenvalue weighted by atomic mass is 10.2. The smallest absolute Gasteiger partial charge is 0.405 e. The maximum atomic E-state index is 12.1. The lowest BCUT2D eigenvalue weighted by Crippen LogP contribution is -2.26. The summed E-state index contributed by atoms with van der Waals surface area (Å²) in [6.07, 6.45) is -2.38. The van der Waals surface area contributed by atoms with E-state index in [2.05, 4.69) is 32.9 Å². The molecule has 0 atom stereocenters. The molecule has 0 amide bonds. The van der Waals surface area contributed by atoms with E-state index in [-0.39, 0.29) is 11.3 Å². The van der Waals surface area contributed by atoms with Crippen molar-refractivity contribution in [3.05, 3.63) is 28.2 Å². The van der Waals surface area contributed by atoms with Crippen LogP contribution in [0.2, 0.25) is 0 Å². The monoisotopic (exact) mass is 323 g/mol. The van der Waals surface area contributed by atoms with Crippen LogP contribution < -0.4 is 10.1 Å². The van der Waals surface area contributed by atoms with Crippen molar-refractivity contribution in [2.45, 2.75) is 38.2 Å². The van der Waals surface area contributed by atoms with E-state index in [9.17, 15) is 13.2 Å². The number of alkyl halides is 3. The van der Waals surface area contributed by atoms with Gasteiger partial charge in [-0.1, -0.05) is 6.07 Å². The van der Waals surface area contributed by atoms with Gasteiger partial charge in [0.15, 0.2) is 0 Å². The van der Waals surface area contributed by atoms with Gasteiger partial charge in [0, 0.05) is 12.1 Å². The molecule has 2 nitrogen and oxygen atoms in total. The van der Waals surface area contributed by atoms with Gasteiger partial charge in [0.25, 0.3) is 0 Å². The van der Waals surface area contributed by atoms with E-state index in [0.29, 0.717) is 11.0 Å². The van der Waals surface area contributed by atoms with Crippen LogP contribution in [0.5, 0.6) is 5.75 Å². The molecule has 0 saturated heterocycles. The summed E-state index contributed by atoms with van der Waals surface area (Å²) in [4.78, 5) is 0. The van der Waals surface area contributed by atoms with Gasteiger partial charge in [-0.15, -0.1) is 13.2 Å². The standard InChI is InChI=1S/C12H13BrF3NO/c1-11(4-5-11)17-7-8-2-3-10(9(13)6-8)18-12(14,15)16/h2-3,6,17H,4-5,7H2,1H3. The number of nitrogens with one attached hydrogen (secondary N) is 1. The van der Waals surface area contributed by atoms with Crippen molar-refractivity contribution in [3.8, 4) is 5.75 Å². The summed E-state index contributed by atoms with van der Waals surface area (Å²) in [5.41, 5.74) is 1.12. The Morgan fingerprint density at radius 2 is 2.06 bits per heavy atom. The summed E-state index contributed by atoms with van der Waals surface area (Å²) in [6.45, 7) is 2.77. The summed E-state index contributed by atoms with van der Waals surface area (Å²) in [5.74, 6) is -0.219. The molecule has 0 unspecified atom stereocenters. The zero-order valence-electron chi connectivity index (χ0n) is 9.77. The molecule has 1 saturated carbocycles. The lowest BCUT2D eigenvalue weighted by molar-refractivity contribution is -0.274. The van der Waals surface area contributed by atoms with E-state index in [1.807, 2.05) is 0 Å². The van der Waals surface area contributed by atoms with Crippen LogP contribution in [0.1, 0.15) is 25.3 Å². The highest BCUT2D eigenvalue weighted by atomic mass is 79.9. The highest BCUT2D eigenvalue weighted by molar-refractivity contribution is 9.10. The highest BCUT2D eigenvalue weighted by Gasteiger charge is 2.36. The average Bonchev–Trinajstić information content (AvgIpc) is 2.96. The Labute approximate surface area is 112 Å². The summed E-state index contributed by atoms with van der Waals surface area (Å²) < 4.78 is 40.4. The Morgan fingerprint density at radius 3 is 2.56 bits per heavy atom. The van der Waals surface area contributed by atoms with Crippen LogP contribution in [0.15, 0.2) is 22.7 Å². The normalized spacial score (nSPS) is 17.6. The van der Waals surface area contributed by atoms with E-state index >= 15 is 0 Å². The van der Waals surface area contributed by atoms with E-state index in [0.717, 1.165) is 18.4 Å². The van der Waals surface area contributed by atoms with Gasteiger partial charge in [0.1, 0.15) is 5.75 Å². The molecule has 1 aromatic rings. The third-order valence-electron chi connectivity index (χ3n) is 2.94. The van der Waals surface area contributed by atoms with Gasteiger partial charge in [-0.3, -0.25) is 0 Å². The molecule has 1 aromatic carbocycles. The Hall–Kier alpha value is -0.750. The van der Waals surface area contributed by atoms with E-state index in [1.165, 1.54) is 6.07 Å². The first-order valence-electron chi connectivity index (χ1n) is 5.57. The molecule has 100 valence electrons. The first kappa shape index (κ1) is 13.7. The number of hydrogen-bond acceptors (Lipinski definition) is 2. The van der Waals surface area contributed by atoms with Crippen LogP contribution in [-0.4, -0.2) is 11.9 Å². The summed E-state index contributed by atoms with van der Waals surface area (Å²) in [7, 11) is 0. The number of hydrogen-bond donors (Lipinski definition) is 1. The van der Waals surface area contributed by atoms with Gasteiger partial charge in [0.05, 0.1) is 4.47 Å². The summed E-state index contributed by atoms with van der Waals surface area (Å²) >= 11 is 3.08. The Bertz CT molecular complexity index is 443. The van der Waals surface area contributed by atoms with Crippen molar-refractivity contribution in [3.63, 3.8) is 0 Å². The molecule has 0 bridgehead atoms. The largest absolute Gasteiger partial charge is 0.573 e. The van der Waals surface area contributed by atoms with E-state index < -0.39 is 6.36 Å². The molecule has 0 spiro atoms. The summed E-state index contributed by atoms with van der Waals surface area (Å²) in [5, 5.41) is 3.36. The topological polar surface area (TPSA) is 21.3 Å². The molecule has 0 aliphatic heterocycles. The number of halogens is 4. The first-order valence-corrected chi connectivity index (χ1v) is 6.36. The van der Waals surface area contributed by atoms with Crippen molar-refractivity contribution in [2.24, 2.45) is 0 Å². The second-order valence-corrected chi connectivity index (χ2v) is 5.58. The molecule has 2 rings (SSSR count). The van der Waals surface area contributed by atoms with Gasteiger partial charge in [0.2, 0.25) is 0 Å². The summed E-state index contributed by atoms with van der Waals surface area (Å²) in [6, 6.07) is 4.59. The fourth-order valence-electron chi connectivity index (χ4n) is 1.54. The van der Waals surface area contributed by atoms with Crippen LogP contribution >= 0.6 is 15.9 Å². The first-order chi connectivity index (χ1) is 8.27. The fourth-order valence-corrected chi connectivity index (χ4v) is 2.05. The van der Waals surface area contributed by atoms with Crippen molar-refractivity contribution in [1.29, 1.82) is 0 Å². The molecule has 0 heterocycles. The zero-order chi connectivity index (χ0) is 13.4. The minimum absolute atomic E-state index is 0.202. The number of ether oxygens (including phenoxy) is 1. The Kier molecular flexibility index (Phi) is 3.60. The predicted molar refractivity (Wildman–Crippen MR) is 65.3 cm³/mol. The van der Waals surface area contributed by atoms with Crippen molar-refractivity contribution in [1.82, 2.24) is 5.32 Å². The third-order valence-corrected chi connectivity index (χ3v) is 3.56. The Balaban J connectivity index is 2.00. The molecule has 6 heteroatoms.